The molecule has 94 valence electrons. The molecule has 0 spiro atoms. The van der Waals surface area contributed by atoms with Crippen LogP contribution >= 0.6 is 38.2 Å². The predicted molar refractivity (Wildman–Crippen MR) is 70.2 cm³/mol. The first kappa shape index (κ1) is 14.8. The van der Waals surface area contributed by atoms with Gasteiger partial charge in [0.1, 0.15) is 0 Å². The first-order chi connectivity index (χ1) is 7.64. The normalized spacial score (nSPS) is 11.4. The molecule has 8 heteroatoms. The molecule has 0 aromatic heterocycles. The van der Waals surface area contributed by atoms with Gasteiger partial charge in [-0.25, -0.2) is 8.42 Å². The van der Waals surface area contributed by atoms with Crippen molar-refractivity contribution < 1.29 is 13.2 Å². The third kappa shape index (κ3) is 3.34. The summed E-state index contributed by atoms with van der Waals surface area (Å²) in [6, 6.07) is 2.48. The maximum atomic E-state index is 11.7. The Morgan fingerprint density at radius 1 is 1.35 bits per heavy atom. The number of rotatable bonds is 2. The van der Waals surface area contributed by atoms with Gasteiger partial charge in [-0.05, 0) is 28.1 Å². The number of amides is 1. The first-order valence-corrected chi connectivity index (χ1v) is 7.78. The Bertz CT molecular complexity index is 572. The second kappa shape index (κ2) is 5.14. The summed E-state index contributed by atoms with van der Waals surface area (Å²) in [5.74, 6) is -0.399. The average Bonchev–Trinajstić information content (AvgIpc) is 2.14. The van der Waals surface area contributed by atoms with Crippen LogP contribution in [0.15, 0.2) is 21.5 Å². The van der Waals surface area contributed by atoms with Crippen molar-refractivity contribution in [2.75, 3.05) is 14.1 Å². The number of hydrogen-bond acceptors (Lipinski definition) is 3. The molecule has 0 atom stereocenters. The number of benzene rings is 1. The second-order valence-electron chi connectivity index (χ2n) is 3.40. The molecule has 4 nitrogen and oxygen atoms in total. The maximum Gasteiger partial charge on any atom is 0.262 e. The van der Waals surface area contributed by atoms with Gasteiger partial charge in [-0.3, -0.25) is 4.79 Å². The number of carbonyl (C=O) groups excluding carboxylic acids is 1. The Hall–Kier alpha value is -0.300. The van der Waals surface area contributed by atoms with Crippen LogP contribution in [0.2, 0.25) is 5.02 Å². The van der Waals surface area contributed by atoms with E-state index in [0.717, 1.165) is 6.07 Å². The summed E-state index contributed by atoms with van der Waals surface area (Å²) < 4.78 is 22.8. The fourth-order valence-corrected chi connectivity index (χ4v) is 3.69. The monoisotopic (exact) mass is 359 g/mol. The predicted octanol–water partition coefficient (Wildman–Crippen LogP) is 2.73. The molecule has 0 heterocycles. The Morgan fingerprint density at radius 2 is 1.88 bits per heavy atom. The van der Waals surface area contributed by atoms with Crippen molar-refractivity contribution >= 4 is 53.2 Å². The first-order valence-electron chi connectivity index (χ1n) is 4.30. The standard InChI is InChI=1S/C9H8BrCl2NO3S/c1-13(2)9(14)5-3-8(17(12,15)16)6(10)4-7(5)11/h3-4H,1-2H3. The molecular weight excluding hydrogens is 353 g/mol. The molecular formula is C9H8BrCl2NO3S. The summed E-state index contributed by atoms with van der Waals surface area (Å²) in [6.45, 7) is 0. The van der Waals surface area contributed by atoms with E-state index in [1.165, 1.54) is 25.1 Å². The summed E-state index contributed by atoms with van der Waals surface area (Å²) in [4.78, 5) is 12.8. The highest BCUT2D eigenvalue weighted by Crippen LogP contribution is 2.31. The van der Waals surface area contributed by atoms with Gasteiger partial charge in [0.15, 0.2) is 0 Å². The molecule has 1 amide bonds. The second-order valence-corrected chi connectivity index (χ2v) is 7.20. The van der Waals surface area contributed by atoms with Crippen molar-refractivity contribution in [2.24, 2.45) is 0 Å². The maximum absolute atomic E-state index is 11.7. The van der Waals surface area contributed by atoms with E-state index >= 15 is 0 Å². The van der Waals surface area contributed by atoms with Crippen LogP contribution in [0.3, 0.4) is 0 Å². The van der Waals surface area contributed by atoms with E-state index in [1.54, 1.807) is 0 Å². The molecule has 1 rings (SSSR count). The van der Waals surface area contributed by atoms with E-state index in [1.807, 2.05) is 0 Å². The van der Waals surface area contributed by atoms with E-state index < -0.39 is 15.0 Å². The fraction of sp³-hybridized carbons (Fsp3) is 0.222. The molecule has 0 aliphatic rings. The van der Waals surface area contributed by atoms with Gasteiger partial charge < -0.3 is 4.90 Å². The summed E-state index contributed by atoms with van der Waals surface area (Å²) in [5, 5.41) is 0.152. The van der Waals surface area contributed by atoms with Crippen LogP contribution in [-0.4, -0.2) is 33.3 Å². The highest BCUT2D eigenvalue weighted by Gasteiger charge is 2.21. The van der Waals surface area contributed by atoms with Gasteiger partial charge in [0.25, 0.3) is 15.0 Å². The Balaban J connectivity index is 3.50. The fourth-order valence-electron chi connectivity index (χ4n) is 1.12. The minimum atomic E-state index is -3.94. The molecule has 1 aromatic rings. The molecule has 1 aromatic carbocycles. The lowest BCUT2D eigenvalue weighted by molar-refractivity contribution is 0.0827. The highest BCUT2D eigenvalue weighted by molar-refractivity contribution is 9.10. The molecule has 17 heavy (non-hydrogen) atoms. The average molecular weight is 361 g/mol. The van der Waals surface area contributed by atoms with Gasteiger partial charge in [-0.1, -0.05) is 11.6 Å². The van der Waals surface area contributed by atoms with Crippen molar-refractivity contribution in [3.05, 3.63) is 27.2 Å². The lowest BCUT2D eigenvalue weighted by Gasteiger charge is -2.13. The number of carbonyl (C=O) groups is 1. The molecule has 0 bridgehead atoms. The van der Waals surface area contributed by atoms with Crippen LogP contribution in [0.25, 0.3) is 0 Å². The molecule has 0 unspecified atom stereocenters. The van der Waals surface area contributed by atoms with Crippen LogP contribution in [0, 0.1) is 0 Å². The Morgan fingerprint density at radius 3 is 2.29 bits per heavy atom. The van der Waals surface area contributed by atoms with Gasteiger partial charge in [0, 0.05) is 29.3 Å². The van der Waals surface area contributed by atoms with Crippen molar-refractivity contribution in [1.82, 2.24) is 4.90 Å². The zero-order valence-corrected chi connectivity index (χ0v) is 12.8. The van der Waals surface area contributed by atoms with Crippen LogP contribution < -0.4 is 0 Å². The summed E-state index contributed by atoms with van der Waals surface area (Å²) in [6.07, 6.45) is 0. The minimum Gasteiger partial charge on any atom is -0.345 e. The lowest BCUT2D eigenvalue weighted by atomic mass is 10.2. The van der Waals surface area contributed by atoms with E-state index in [9.17, 15) is 13.2 Å². The van der Waals surface area contributed by atoms with Crippen LogP contribution in [0.1, 0.15) is 10.4 Å². The van der Waals surface area contributed by atoms with Gasteiger partial charge >= 0.3 is 0 Å². The van der Waals surface area contributed by atoms with Crippen molar-refractivity contribution in [3.63, 3.8) is 0 Å². The number of halogens is 3. The summed E-state index contributed by atoms with van der Waals surface area (Å²) in [7, 11) is 4.39. The molecule has 0 fully saturated rings. The highest BCUT2D eigenvalue weighted by atomic mass is 79.9. The lowest BCUT2D eigenvalue weighted by Crippen LogP contribution is -2.22. The zero-order chi connectivity index (χ0) is 13.4. The van der Waals surface area contributed by atoms with Gasteiger partial charge in [-0.2, -0.15) is 0 Å². The zero-order valence-electron chi connectivity index (χ0n) is 8.87. The minimum absolute atomic E-state index is 0.0825. The van der Waals surface area contributed by atoms with Crippen molar-refractivity contribution in [3.8, 4) is 0 Å². The van der Waals surface area contributed by atoms with Gasteiger partial charge in [-0.15, -0.1) is 0 Å². The van der Waals surface area contributed by atoms with E-state index in [0.29, 0.717) is 0 Å². The van der Waals surface area contributed by atoms with Crippen LogP contribution in [0.5, 0.6) is 0 Å². The van der Waals surface area contributed by atoms with E-state index in [2.05, 4.69) is 15.9 Å². The topological polar surface area (TPSA) is 54.5 Å². The molecule has 0 radical (unpaired) electrons. The molecule has 0 N–H and O–H groups in total. The Labute approximate surface area is 117 Å². The van der Waals surface area contributed by atoms with Gasteiger partial charge in [0.05, 0.1) is 15.5 Å². The SMILES string of the molecule is CN(C)C(=O)c1cc(S(=O)(=O)Cl)c(Br)cc1Cl. The largest absolute Gasteiger partial charge is 0.345 e. The number of nitrogens with zero attached hydrogens (tertiary/aromatic N) is 1. The van der Waals surface area contributed by atoms with Crippen molar-refractivity contribution in [2.45, 2.75) is 4.90 Å². The van der Waals surface area contributed by atoms with E-state index in [-0.39, 0.29) is 20.0 Å². The molecule has 0 aliphatic heterocycles. The molecule has 0 saturated carbocycles. The summed E-state index contributed by atoms with van der Waals surface area (Å²) in [5.41, 5.74) is 0.0825. The smallest absolute Gasteiger partial charge is 0.262 e. The molecule has 0 saturated heterocycles. The molecule has 0 aliphatic carbocycles. The quantitative estimate of drug-likeness (QED) is 0.762. The third-order valence-corrected chi connectivity index (χ3v) is 4.51. The third-order valence-electron chi connectivity index (χ3n) is 1.92. The van der Waals surface area contributed by atoms with Crippen LogP contribution in [0.4, 0.5) is 0 Å². The van der Waals surface area contributed by atoms with Crippen molar-refractivity contribution in [1.29, 1.82) is 0 Å². The van der Waals surface area contributed by atoms with E-state index in [4.69, 9.17) is 22.3 Å². The number of hydrogen-bond donors (Lipinski definition) is 0. The summed E-state index contributed by atoms with van der Waals surface area (Å²) >= 11 is 8.91. The van der Waals surface area contributed by atoms with Crippen LogP contribution in [-0.2, 0) is 9.05 Å². The Kier molecular flexibility index (Phi) is 4.46. The van der Waals surface area contributed by atoms with Gasteiger partial charge in [0.2, 0.25) is 0 Å².